The van der Waals surface area contributed by atoms with Crippen molar-refractivity contribution in [1.82, 2.24) is 20.7 Å². The number of nitrogens with one attached hydrogen (secondary N) is 4. The third-order valence-electron chi connectivity index (χ3n) is 5.59. The van der Waals surface area contributed by atoms with E-state index in [1.165, 1.54) is 0 Å². The molecule has 2 atom stereocenters. The number of sulfonamides is 1. The highest BCUT2D eigenvalue weighted by Crippen LogP contribution is 2.10. The lowest BCUT2D eigenvalue weighted by Gasteiger charge is -2.25. The number of amides is 4. The molecule has 0 aliphatic carbocycles. The van der Waals surface area contributed by atoms with E-state index in [4.69, 9.17) is 9.47 Å². The lowest BCUT2D eigenvalue weighted by atomic mass is 10.0. The first-order valence-corrected chi connectivity index (χ1v) is 15.1. The SMILES string of the molecule is CC(C)[C@H](NC(=O)OC(C)(C)C)C(=O)NCC(=O)NS(=O)(=O)C[C@H](Cc1ccccc1)NC(=O)OCc1ccccc1. The number of carbonyl (C=O) groups excluding carboxylic acids is 4. The zero-order valence-corrected chi connectivity index (χ0v) is 25.3. The quantitative estimate of drug-likeness (QED) is 0.271. The largest absolute Gasteiger partial charge is 0.445 e. The first-order valence-electron chi connectivity index (χ1n) is 13.4. The molecule has 4 amide bonds. The summed E-state index contributed by atoms with van der Waals surface area (Å²) in [5.41, 5.74) is 0.745. The fourth-order valence-electron chi connectivity index (χ4n) is 3.74. The number of hydrogen-bond donors (Lipinski definition) is 4. The standard InChI is InChI=1S/C29H40N4O8S/c1-20(2)25(32-28(37)41-29(3,4)5)26(35)30-17-24(34)33-42(38,39)19-23(16-21-12-8-6-9-13-21)31-27(36)40-18-22-14-10-7-11-15-22/h6-15,20,23,25H,16-19H2,1-5H3,(H,30,35)(H,31,36)(H,32,37)(H,33,34)/t23-,25-/m0/s1. The van der Waals surface area contributed by atoms with Gasteiger partial charge in [0.1, 0.15) is 18.2 Å². The van der Waals surface area contributed by atoms with Crippen LogP contribution in [0.5, 0.6) is 0 Å². The van der Waals surface area contributed by atoms with Gasteiger partial charge in [0, 0.05) is 0 Å². The number of alkyl carbamates (subject to hydrolysis) is 2. The minimum absolute atomic E-state index is 0.00588. The molecule has 0 unspecified atom stereocenters. The summed E-state index contributed by atoms with van der Waals surface area (Å²) >= 11 is 0. The number of rotatable bonds is 13. The summed E-state index contributed by atoms with van der Waals surface area (Å²) < 4.78 is 38.0. The Morgan fingerprint density at radius 1 is 0.833 bits per heavy atom. The van der Waals surface area contributed by atoms with E-state index in [1.807, 2.05) is 10.8 Å². The Morgan fingerprint density at radius 2 is 1.40 bits per heavy atom. The van der Waals surface area contributed by atoms with Gasteiger partial charge in [0.15, 0.2) is 0 Å². The monoisotopic (exact) mass is 604 g/mol. The molecule has 13 heteroatoms. The molecule has 0 aromatic heterocycles. The molecule has 0 aliphatic rings. The van der Waals surface area contributed by atoms with E-state index < -0.39 is 64.0 Å². The van der Waals surface area contributed by atoms with Gasteiger partial charge in [0.05, 0.1) is 18.3 Å². The molecule has 2 aromatic carbocycles. The summed E-state index contributed by atoms with van der Waals surface area (Å²) in [7, 11) is -4.25. The van der Waals surface area contributed by atoms with Crippen LogP contribution in [0.2, 0.25) is 0 Å². The van der Waals surface area contributed by atoms with Crippen molar-refractivity contribution in [2.75, 3.05) is 12.3 Å². The molecule has 0 fully saturated rings. The van der Waals surface area contributed by atoms with Crippen LogP contribution < -0.4 is 20.7 Å². The van der Waals surface area contributed by atoms with Gasteiger partial charge in [-0.1, -0.05) is 74.5 Å². The van der Waals surface area contributed by atoms with E-state index in [0.717, 1.165) is 11.1 Å². The number of carbonyl (C=O) groups is 4. The Balaban J connectivity index is 1.97. The highest BCUT2D eigenvalue weighted by atomic mass is 32.2. The summed E-state index contributed by atoms with van der Waals surface area (Å²) in [4.78, 5) is 49.7. The zero-order chi connectivity index (χ0) is 31.3. The van der Waals surface area contributed by atoms with Crippen LogP contribution >= 0.6 is 0 Å². The molecule has 0 aliphatic heterocycles. The van der Waals surface area contributed by atoms with Gasteiger partial charge in [-0.05, 0) is 44.2 Å². The molecule has 0 spiro atoms. The normalized spacial score (nSPS) is 12.9. The second-order valence-electron chi connectivity index (χ2n) is 11.0. The molecular formula is C29H40N4O8S. The van der Waals surface area contributed by atoms with E-state index >= 15 is 0 Å². The maximum Gasteiger partial charge on any atom is 0.408 e. The first kappa shape index (κ1) is 34.1. The van der Waals surface area contributed by atoms with Crippen molar-refractivity contribution < 1.29 is 37.1 Å². The van der Waals surface area contributed by atoms with Crippen LogP contribution in [0.3, 0.4) is 0 Å². The van der Waals surface area contributed by atoms with Crippen molar-refractivity contribution >= 4 is 34.0 Å². The highest BCUT2D eigenvalue weighted by molar-refractivity contribution is 7.90. The van der Waals surface area contributed by atoms with Crippen molar-refractivity contribution in [2.45, 2.75) is 65.3 Å². The van der Waals surface area contributed by atoms with Gasteiger partial charge in [0.25, 0.3) is 5.91 Å². The van der Waals surface area contributed by atoms with Gasteiger partial charge in [-0.2, -0.15) is 0 Å². The lowest BCUT2D eigenvalue weighted by molar-refractivity contribution is -0.127. The van der Waals surface area contributed by atoms with Crippen LogP contribution in [-0.2, 0) is 42.1 Å². The molecule has 0 saturated heterocycles. The van der Waals surface area contributed by atoms with Gasteiger partial charge in [-0.3, -0.25) is 14.3 Å². The Kier molecular flexibility index (Phi) is 12.8. The van der Waals surface area contributed by atoms with Crippen molar-refractivity contribution in [1.29, 1.82) is 0 Å². The molecule has 12 nitrogen and oxygen atoms in total. The van der Waals surface area contributed by atoms with Crippen LogP contribution in [0.15, 0.2) is 60.7 Å². The van der Waals surface area contributed by atoms with Gasteiger partial charge < -0.3 is 25.4 Å². The number of benzene rings is 2. The Labute approximate surface area is 247 Å². The average molecular weight is 605 g/mol. The van der Waals surface area contributed by atoms with Crippen LogP contribution in [-0.4, -0.2) is 62.4 Å². The van der Waals surface area contributed by atoms with Gasteiger partial charge in [-0.15, -0.1) is 0 Å². The second-order valence-corrected chi connectivity index (χ2v) is 12.8. The molecule has 4 N–H and O–H groups in total. The van der Waals surface area contributed by atoms with Crippen LogP contribution in [0, 0.1) is 5.92 Å². The van der Waals surface area contributed by atoms with Gasteiger partial charge in [-0.25, -0.2) is 18.0 Å². The Bertz CT molecular complexity index is 1300. The zero-order valence-electron chi connectivity index (χ0n) is 24.5. The fourth-order valence-corrected chi connectivity index (χ4v) is 4.98. The second kappa shape index (κ2) is 15.8. The molecule has 2 aromatic rings. The molecule has 0 heterocycles. The van der Waals surface area contributed by atoms with E-state index in [9.17, 15) is 27.6 Å². The van der Waals surface area contributed by atoms with Crippen LogP contribution in [0.25, 0.3) is 0 Å². The highest BCUT2D eigenvalue weighted by Gasteiger charge is 2.28. The summed E-state index contributed by atoms with van der Waals surface area (Å²) in [6.07, 6.45) is -1.46. The summed E-state index contributed by atoms with van der Waals surface area (Å²) in [5.74, 6) is -2.66. The minimum atomic E-state index is -4.25. The van der Waals surface area contributed by atoms with Crippen molar-refractivity contribution in [3.8, 4) is 0 Å². The maximum atomic E-state index is 12.9. The molecule has 42 heavy (non-hydrogen) atoms. The summed E-state index contributed by atoms with van der Waals surface area (Å²) in [5, 5.41) is 7.36. The third-order valence-corrected chi connectivity index (χ3v) is 6.97. The fraction of sp³-hybridized carbons (Fsp3) is 0.448. The summed E-state index contributed by atoms with van der Waals surface area (Å²) in [6, 6.07) is 16.0. The van der Waals surface area contributed by atoms with Crippen LogP contribution in [0.4, 0.5) is 9.59 Å². The van der Waals surface area contributed by atoms with E-state index in [0.29, 0.717) is 0 Å². The molecule has 0 saturated carbocycles. The van der Waals surface area contributed by atoms with Crippen molar-refractivity contribution in [3.63, 3.8) is 0 Å². The minimum Gasteiger partial charge on any atom is -0.445 e. The van der Waals surface area contributed by atoms with Gasteiger partial charge >= 0.3 is 12.2 Å². The molecule has 2 rings (SSSR count). The van der Waals surface area contributed by atoms with E-state index in [1.54, 1.807) is 89.2 Å². The first-order chi connectivity index (χ1) is 19.6. The maximum absolute atomic E-state index is 12.9. The number of hydrogen-bond acceptors (Lipinski definition) is 8. The Morgan fingerprint density at radius 3 is 1.95 bits per heavy atom. The Hall–Kier alpha value is -4.13. The van der Waals surface area contributed by atoms with Gasteiger partial charge in [0.2, 0.25) is 15.9 Å². The third kappa shape index (κ3) is 13.5. The summed E-state index contributed by atoms with van der Waals surface area (Å²) in [6.45, 7) is 7.75. The van der Waals surface area contributed by atoms with Crippen molar-refractivity contribution in [3.05, 3.63) is 71.8 Å². The van der Waals surface area contributed by atoms with E-state index in [2.05, 4.69) is 16.0 Å². The average Bonchev–Trinajstić information content (AvgIpc) is 2.88. The molecular weight excluding hydrogens is 564 g/mol. The molecule has 0 radical (unpaired) electrons. The molecule has 0 bridgehead atoms. The smallest absolute Gasteiger partial charge is 0.408 e. The van der Waals surface area contributed by atoms with Crippen molar-refractivity contribution in [2.24, 2.45) is 5.92 Å². The number of ether oxygens (including phenoxy) is 2. The predicted octanol–water partition coefficient (Wildman–Crippen LogP) is 2.64. The predicted molar refractivity (Wildman–Crippen MR) is 157 cm³/mol. The van der Waals surface area contributed by atoms with E-state index in [-0.39, 0.29) is 18.9 Å². The topological polar surface area (TPSA) is 169 Å². The lowest BCUT2D eigenvalue weighted by Crippen LogP contribution is -2.53. The molecule has 230 valence electrons. The van der Waals surface area contributed by atoms with Crippen LogP contribution in [0.1, 0.15) is 45.7 Å².